The molecular formula is C17H20N2O4S3. The van der Waals surface area contributed by atoms with Gasteiger partial charge in [-0.05, 0) is 30.4 Å². The summed E-state index contributed by atoms with van der Waals surface area (Å²) in [5, 5.41) is 13.0. The van der Waals surface area contributed by atoms with Gasteiger partial charge in [0.25, 0.3) is 5.91 Å². The Labute approximate surface area is 165 Å². The van der Waals surface area contributed by atoms with Crippen molar-refractivity contribution in [1.29, 1.82) is 0 Å². The van der Waals surface area contributed by atoms with Crippen LogP contribution in [0, 0.1) is 0 Å². The van der Waals surface area contributed by atoms with Crippen LogP contribution < -0.4 is 5.32 Å². The smallest absolute Gasteiger partial charge is 0.305 e. The lowest BCUT2D eigenvalue weighted by Gasteiger charge is -2.14. The van der Waals surface area contributed by atoms with E-state index in [0.29, 0.717) is 28.6 Å². The van der Waals surface area contributed by atoms with Gasteiger partial charge in [-0.15, -0.1) is 11.3 Å². The van der Waals surface area contributed by atoms with E-state index in [9.17, 15) is 14.4 Å². The predicted octanol–water partition coefficient (Wildman–Crippen LogP) is 3.10. The van der Waals surface area contributed by atoms with Gasteiger partial charge in [0.1, 0.15) is 4.32 Å². The molecule has 1 aliphatic heterocycles. The molecule has 2 N–H and O–H groups in total. The Morgan fingerprint density at radius 2 is 2.08 bits per heavy atom. The molecule has 6 nitrogen and oxygen atoms in total. The van der Waals surface area contributed by atoms with E-state index in [4.69, 9.17) is 17.3 Å². The summed E-state index contributed by atoms with van der Waals surface area (Å²) in [6, 6.07) is 3.90. The number of carbonyl (C=O) groups excluding carboxylic acids is 2. The molecule has 0 spiro atoms. The molecule has 1 saturated heterocycles. The summed E-state index contributed by atoms with van der Waals surface area (Å²) >= 11 is 8.20. The number of aliphatic carboxylic acids is 1. The van der Waals surface area contributed by atoms with Gasteiger partial charge in [0, 0.05) is 24.4 Å². The van der Waals surface area contributed by atoms with Gasteiger partial charge >= 0.3 is 5.97 Å². The van der Waals surface area contributed by atoms with Crippen LogP contribution >= 0.6 is 35.3 Å². The molecule has 0 aromatic carbocycles. The number of carboxylic acid groups (broad SMARTS) is 1. The number of unbranched alkanes of at least 4 members (excludes halogenated alkanes) is 2. The van der Waals surface area contributed by atoms with Gasteiger partial charge in [-0.25, -0.2) is 0 Å². The fraction of sp³-hybridized carbons (Fsp3) is 0.412. The number of hydrogen-bond donors (Lipinski definition) is 2. The molecular weight excluding hydrogens is 392 g/mol. The quantitative estimate of drug-likeness (QED) is 0.349. The zero-order valence-electron chi connectivity index (χ0n) is 14.1. The number of carboxylic acids is 1. The van der Waals surface area contributed by atoms with Crippen molar-refractivity contribution in [2.45, 2.75) is 32.1 Å². The lowest BCUT2D eigenvalue weighted by molar-refractivity contribution is -0.137. The van der Waals surface area contributed by atoms with Gasteiger partial charge in [0.15, 0.2) is 0 Å². The second-order valence-corrected chi connectivity index (χ2v) is 8.31. The molecule has 9 heteroatoms. The van der Waals surface area contributed by atoms with E-state index in [1.165, 1.54) is 11.8 Å². The third-order valence-corrected chi connectivity index (χ3v) is 5.83. The summed E-state index contributed by atoms with van der Waals surface area (Å²) in [4.78, 5) is 37.6. The molecule has 2 amide bonds. The second kappa shape index (κ2) is 10.4. The number of thiocarbonyl (C=S) groups is 1. The first-order chi connectivity index (χ1) is 12.5. The summed E-state index contributed by atoms with van der Waals surface area (Å²) in [5.41, 5.74) is 0. The van der Waals surface area contributed by atoms with Crippen LogP contribution in [0.1, 0.15) is 37.0 Å². The van der Waals surface area contributed by atoms with Crippen molar-refractivity contribution in [3.05, 3.63) is 27.3 Å². The number of amides is 2. The Bertz CT molecular complexity index is 701. The average molecular weight is 413 g/mol. The molecule has 0 aliphatic carbocycles. The molecule has 1 fully saturated rings. The van der Waals surface area contributed by atoms with Crippen LogP contribution in [0.2, 0.25) is 0 Å². The Balaban J connectivity index is 1.66. The number of rotatable bonds is 10. The maximum atomic E-state index is 12.4. The normalized spacial score (nSPS) is 15.7. The molecule has 0 radical (unpaired) electrons. The van der Waals surface area contributed by atoms with Gasteiger partial charge in [-0.2, -0.15) is 0 Å². The topological polar surface area (TPSA) is 86.7 Å². The summed E-state index contributed by atoms with van der Waals surface area (Å²) < 4.78 is 0.573. The lowest BCUT2D eigenvalue weighted by Crippen LogP contribution is -2.29. The van der Waals surface area contributed by atoms with E-state index in [2.05, 4.69) is 5.32 Å². The van der Waals surface area contributed by atoms with Crippen molar-refractivity contribution < 1.29 is 19.5 Å². The number of nitrogens with zero attached hydrogens (tertiary/aromatic N) is 1. The van der Waals surface area contributed by atoms with Crippen LogP contribution in [0.3, 0.4) is 0 Å². The van der Waals surface area contributed by atoms with Crippen LogP contribution in [-0.2, 0) is 14.4 Å². The highest BCUT2D eigenvalue weighted by atomic mass is 32.2. The largest absolute Gasteiger partial charge is 0.481 e. The van der Waals surface area contributed by atoms with Crippen LogP contribution in [0.25, 0.3) is 6.08 Å². The maximum absolute atomic E-state index is 12.4. The third-order valence-electron chi connectivity index (χ3n) is 3.64. The fourth-order valence-electron chi connectivity index (χ4n) is 2.32. The standard InChI is InChI=1S/C17H20N2O4S3/c20-14(18-8-7-15(21)22)6-2-1-3-9-19-16(23)13(26-17(19)24)11-12-5-4-10-25-12/h4-5,10-11H,1-3,6-9H2,(H,18,20)(H,21,22)/b13-11-. The van der Waals surface area contributed by atoms with Gasteiger partial charge < -0.3 is 10.4 Å². The summed E-state index contributed by atoms with van der Waals surface area (Å²) in [6.07, 6.45) is 4.41. The molecule has 0 saturated carbocycles. The fourth-order valence-corrected chi connectivity index (χ4v) is 4.36. The summed E-state index contributed by atoms with van der Waals surface area (Å²) in [7, 11) is 0. The molecule has 2 rings (SSSR count). The molecule has 0 atom stereocenters. The zero-order chi connectivity index (χ0) is 18.9. The van der Waals surface area contributed by atoms with Crippen molar-refractivity contribution >= 4 is 63.5 Å². The van der Waals surface area contributed by atoms with Gasteiger partial charge in [-0.1, -0.05) is 36.5 Å². The monoisotopic (exact) mass is 412 g/mol. The molecule has 1 aliphatic rings. The van der Waals surface area contributed by atoms with E-state index in [1.54, 1.807) is 16.2 Å². The number of nitrogens with one attached hydrogen (secondary N) is 1. The molecule has 26 heavy (non-hydrogen) atoms. The van der Waals surface area contributed by atoms with E-state index in [-0.39, 0.29) is 24.8 Å². The molecule has 140 valence electrons. The minimum atomic E-state index is -0.929. The Morgan fingerprint density at radius 3 is 2.77 bits per heavy atom. The predicted molar refractivity (Wildman–Crippen MR) is 108 cm³/mol. The number of thioether (sulfide) groups is 1. The highest BCUT2D eigenvalue weighted by Crippen LogP contribution is 2.33. The van der Waals surface area contributed by atoms with Crippen LogP contribution in [0.15, 0.2) is 22.4 Å². The molecule has 0 unspecified atom stereocenters. The first kappa shape index (κ1) is 20.6. The Kier molecular flexibility index (Phi) is 8.27. The molecule has 2 heterocycles. The summed E-state index contributed by atoms with van der Waals surface area (Å²) in [6.45, 7) is 0.703. The van der Waals surface area contributed by atoms with Gasteiger partial charge in [0.2, 0.25) is 5.91 Å². The van der Waals surface area contributed by atoms with Crippen LogP contribution in [0.4, 0.5) is 0 Å². The highest BCUT2D eigenvalue weighted by Gasteiger charge is 2.31. The highest BCUT2D eigenvalue weighted by molar-refractivity contribution is 8.26. The average Bonchev–Trinajstić information content (AvgIpc) is 3.17. The first-order valence-corrected chi connectivity index (χ1v) is 10.3. The number of carbonyl (C=O) groups is 3. The van der Waals surface area contributed by atoms with E-state index >= 15 is 0 Å². The lowest BCUT2D eigenvalue weighted by atomic mass is 10.2. The van der Waals surface area contributed by atoms with Crippen molar-refractivity contribution in [2.75, 3.05) is 13.1 Å². The van der Waals surface area contributed by atoms with Crippen LogP contribution in [0.5, 0.6) is 0 Å². The first-order valence-electron chi connectivity index (χ1n) is 8.24. The molecule has 1 aromatic heterocycles. The van der Waals surface area contributed by atoms with Crippen LogP contribution in [-0.4, -0.2) is 45.2 Å². The number of hydrogen-bond acceptors (Lipinski definition) is 6. The van der Waals surface area contributed by atoms with E-state index < -0.39 is 5.97 Å². The third kappa shape index (κ3) is 6.54. The molecule has 0 bridgehead atoms. The summed E-state index contributed by atoms with van der Waals surface area (Å²) in [5.74, 6) is -1.13. The van der Waals surface area contributed by atoms with Gasteiger partial charge in [-0.3, -0.25) is 19.3 Å². The van der Waals surface area contributed by atoms with E-state index in [1.807, 2.05) is 23.6 Å². The Morgan fingerprint density at radius 1 is 1.27 bits per heavy atom. The van der Waals surface area contributed by atoms with Crippen molar-refractivity contribution in [3.8, 4) is 0 Å². The zero-order valence-corrected chi connectivity index (χ0v) is 16.6. The van der Waals surface area contributed by atoms with Gasteiger partial charge in [0.05, 0.1) is 11.3 Å². The minimum absolute atomic E-state index is 0.0557. The van der Waals surface area contributed by atoms with Crippen molar-refractivity contribution in [1.82, 2.24) is 10.2 Å². The second-order valence-electron chi connectivity index (χ2n) is 5.65. The maximum Gasteiger partial charge on any atom is 0.305 e. The molecule has 1 aromatic rings. The van der Waals surface area contributed by atoms with E-state index in [0.717, 1.165) is 17.7 Å². The Hall–Kier alpha value is -1.71. The van der Waals surface area contributed by atoms with Crippen molar-refractivity contribution in [2.24, 2.45) is 0 Å². The van der Waals surface area contributed by atoms with Crippen molar-refractivity contribution in [3.63, 3.8) is 0 Å². The SMILES string of the molecule is O=C(O)CCNC(=O)CCCCCN1C(=O)/C(=C/c2cccs2)SC1=S. The minimum Gasteiger partial charge on any atom is -0.481 e. The number of thiophene rings is 1.